The maximum Gasteiger partial charge on any atom is 0.142 e. The van der Waals surface area contributed by atoms with Crippen molar-refractivity contribution in [2.45, 2.75) is 6.54 Å². The topological polar surface area (TPSA) is 12.0 Å². The Morgan fingerprint density at radius 2 is 1.76 bits per heavy atom. The van der Waals surface area contributed by atoms with Crippen molar-refractivity contribution in [3.8, 4) is 0 Å². The summed E-state index contributed by atoms with van der Waals surface area (Å²) in [6, 6.07) is 12.1. The molecule has 88 valence electrons. The molecular formula is C13H10Cl2FN. The van der Waals surface area contributed by atoms with E-state index in [1.807, 2.05) is 18.2 Å². The normalized spacial score (nSPS) is 10.3. The maximum absolute atomic E-state index is 13.2. The molecule has 0 aromatic heterocycles. The minimum absolute atomic E-state index is 0.145. The first-order chi connectivity index (χ1) is 8.18. The van der Waals surface area contributed by atoms with Crippen molar-refractivity contribution in [3.05, 3.63) is 63.9 Å². The smallest absolute Gasteiger partial charge is 0.142 e. The molecule has 2 aromatic carbocycles. The van der Waals surface area contributed by atoms with Gasteiger partial charge in [0, 0.05) is 6.54 Å². The van der Waals surface area contributed by atoms with Crippen molar-refractivity contribution in [1.82, 2.24) is 0 Å². The van der Waals surface area contributed by atoms with E-state index in [9.17, 15) is 4.39 Å². The zero-order chi connectivity index (χ0) is 12.3. The van der Waals surface area contributed by atoms with Crippen molar-refractivity contribution in [2.24, 2.45) is 0 Å². The Morgan fingerprint density at radius 1 is 1.00 bits per heavy atom. The Hall–Kier alpha value is -1.25. The van der Waals surface area contributed by atoms with Gasteiger partial charge in [-0.05, 0) is 23.8 Å². The van der Waals surface area contributed by atoms with E-state index in [1.54, 1.807) is 18.2 Å². The van der Waals surface area contributed by atoms with Gasteiger partial charge in [0.2, 0.25) is 0 Å². The lowest BCUT2D eigenvalue weighted by Gasteiger charge is -2.09. The summed E-state index contributed by atoms with van der Waals surface area (Å²) in [7, 11) is 0. The third-order valence-corrected chi connectivity index (χ3v) is 3.13. The highest BCUT2D eigenvalue weighted by Crippen LogP contribution is 2.24. The molecule has 0 aliphatic carbocycles. The van der Waals surface area contributed by atoms with Crippen molar-refractivity contribution in [2.75, 3.05) is 5.32 Å². The molecule has 1 nitrogen and oxygen atoms in total. The number of benzene rings is 2. The zero-order valence-electron chi connectivity index (χ0n) is 8.88. The number of hydrogen-bond donors (Lipinski definition) is 1. The molecule has 0 spiro atoms. The summed E-state index contributed by atoms with van der Waals surface area (Å²) in [5.74, 6) is -0.412. The van der Waals surface area contributed by atoms with Gasteiger partial charge in [-0.25, -0.2) is 4.39 Å². The van der Waals surface area contributed by atoms with Gasteiger partial charge in [-0.1, -0.05) is 47.5 Å². The van der Waals surface area contributed by atoms with Gasteiger partial charge in [0.15, 0.2) is 0 Å². The molecule has 1 N–H and O–H groups in total. The van der Waals surface area contributed by atoms with Gasteiger partial charge >= 0.3 is 0 Å². The van der Waals surface area contributed by atoms with Gasteiger partial charge in [0.1, 0.15) is 5.82 Å². The zero-order valence-corrected chi connectivity index (χ0v) is 10.4. The van der Waals surface area contributed by atoms with Gasteiger partial charge in [-0.15, -0.1) is 0 Å². The lowest BCUT2D eigenvalue weighted by Crippen LogP contribution is -2.01. The SMILES string of the molecule is Fc1cccc(CNc2ccccc2Cl)c1Cl. The fourth-order valence-corrected chi connectivity index (χ4v) is 1.88. The standard InChI is InChI=1S/C13H10Cl2FN/c14-10-5-1-2-7-12(10)17-8-9-4-3-6-11(16)13(9)15/h1-7,17H,8H2. The quantitative estimate of drug-likeness (QED) is 0.849. The highest BCUT2D eigenvalue weighted by Gasteiger charge is 2.05. The molecule has 0 aliphatic rings. The van der Waals surface area contributed by atoms with Crippen LogP contribution in [0.3, 0.4) is 0 Å². The monoisotopic (exact) mass is 269 g/mol. The van der Waals surface area contributed by atoms with Gasteiger partial charge in [-0.2, -0.15) is 0 Å². The van der Waals surface area contributed by atoms with Gasteiger partial charge in [0.25, 0.3) is 0 Å². The molecule has 0 saturated heterocycles. The molecule has 0 radical (unpaired) electrons. The van der Waals surface area contributed by atoms with E-state index < -0.39 is 5.82 Å². The molecule has 0 atom stereocenters. The van der Waals surface area contributed by atoms with E-state index in [0.29, 0.717) is 17.1 Å². The Balaban J connectivity index is 2.13. The summed E-state index contributed by atoms with van der Waals surface area (Å²) in [5.41, 5.74) is 1.50. The van der Waals surface area contributed by atoms with Crippen LogP contribution in [-0.4, -0.2) is 0 Å². The van der Waals surface area contributed by atoms with Crippen LogP contribution in [0, 0.1) is 5.82 Å². The lowest BCUT2D eigenvalue weighted by atomic mass is 10.2. The van der Waals surface area contributed by atoms with E-state index >= 15 is 0 Å². The first-order valence-corrected chi connectivity index (χ1v) is 5.85. The fourth-order valence-electron chi connectivity index (χ4n) is 1.48. The molecule has 0 aliphatic heterocycles. The average Bonchev–Trinajstić information content (AvgIpc) is 2.33. The molecule has 2 rings (SSSR count). The number of hydrogen-bond acceptors (Lipinski definition) is 1. The van der Waals surface area contributed by atoms with Crippen molar-refractivity contribution >= 4 is 28.9 Å². The predicted octanol–water partition coefficient (Wildman–Crippen LogP) is 4.74. The number of para-hydroxylation sites is 1. The van der Waals surface area contributed by atoms with Crippen LogP contribution in [0.25, 0.3) is 0 Å². The largest absolute Gasteiger partial charge is 0.380 e. The first kappa shape index (κ1) is 12.2. The van der Waals surface area contributed by atoms with Crippen LogP contribution in [0.2, 0.25) is 10.0 Å². The highest BCUT2D eigenvalue weighted by atomic mass is 35.5. The summed E-state index contributed by atoms with van der Waals surface area (Å²) in [6.45, 7) is 0.431. The molecule has 0 fully saturated rings. The number of rotatable bonds is 3. The Morgan fingerprint density at radius 3 is 2.53 bits per heavy atom. The molecule has 0 saturated carbocycles. The van der Waals surface area contributed by atoms with Crippen LogP contribution in [0.5, 0.6) is 0 Å². The minimum Gasteiger partial charge on any atom is -0.380 e. The van der Waals surface area contributed by atoms with Gasteiger partial charge in [0.05, 0.1) is 15.7 Å². The van der Waals surface area contributed by atoms with Crippen LogP contribution in [-0.2, 0) is 6.54 Å². The van der Waals surface area contributed by atoms with E-state index in [2.05, 4.69) is 5.32 Å². The Labute approximate surface area is 109 Å². The summed E-state index contributed by atoms with van der Waals surface area (Å²) in [4.78, 5) is 0. The predicted molar refractivity (Wildman–Crippen MR) is 70.2 cm³/mol. The van der Waals surface area contributed by atoms with Crippen LogP contribution < -0.4 is 5.32 Å². The molecule has 0 unspecified atom stereocenters. The van der Waals surface area contributed by atoms with Crippen LogP contribution >= 0.6 is 23.2 Å². The molecule has 0 amide bonds. The minimum atomic E-state index is -0.412. The van der Waals surface area contributed by atoms with Crippen molar-refractivity contribution < 1.29 is 4.39 Å². The maximum atomic E-state index is 13.2. The number of anilines is 1. The van der Waals surface area contributed by atoms with Crippen LogP contribution in [0.1, 0.15) is 5.56 Å². The fraction of sp³-hybridized carbons (Fsp3) is 0.0769. The number of nitrogens with one attached hydrogen (secondary N) is 1. The van der Waals surface area contributed by atoms with E-state index in [1.165, 1.54) is 6.07 Å². The summed E-state index contributed by atoms with van der Waals surface area (Å²) in [6.07, 6.45) is 0. The van der Waals surface area contributed by atoms with Gasteiger partial charge < -0.3 is 5.32 Å². The second-order valence-electron chi connectivity index (χ2n) is 3.55. The highest BCUT2D eigenvalue weighted by molar-refractivity contribution is 6.33. The van der Waals surface area contributed by atoms with Crippen molar-refractivity contribution in [3.63, 3.8) is 0 Å². The summed E-state index contributed by atoms with van der Waals surface area (Å²) >= 11 is 11.8. The van der Waals surface area contributed by atoms with E-state index in [0.717, 1.165) is 5.69 Å². The molecular weight excluding hydrogens is 260 g/mol. The second-order valence-corrected chi connectivity index (χ2v) is 4.33. The Kier molecular flexibility index (Phi) is 3.87. The van der Waals surface area contributed by atoms with E-state index in [-0.39, 0.29) is 5.02 Å². The summed E-state index contributed by atoms with van der Waals surface area (Å²) in [5, 5.41) is 3.88. The van der Waals surface area contributed by atoms with Crippen molar-refractivity contribution in [1.29, 1.82) is 0 Å². The van der Waals surface area contributed by atoms with Crippen LogP contribution in [0.15, 0.2) is 42.5 Å². The molecule has 2 aromatic rings. The second kappa shape index (κ2) is 5.39. The summed E-state index contributed by atoms with van der Waals surface area (Å²) < 4.78 is 13.2. The lowest BCUT2D eigenvalue weighted by molar-refractivity contribution is 0.626. The Bertz CT molecular complexity index is 529. The van der Waals surface area contributed by atoms with E-state index in [4.69, 9.17) is 23.2 Å². The average molecular weight is 270 g/mol. The molecule has 4 heteroatoms. The van der Waals surface area contributed by atoms with Gasteiger partial charge in [-0.3, -0.25) is 0 Å². The third kappa shape index (κ3) is 2.90. The molecule has 17 heavy (non-hydrogen) atoms. The van der Waals surface area contributed by atoms with Crippen LogP contribution in [0.4, 0.5) is 10.1 Å². The first-order valence-electron chi connectivity index (χ1n) is 5.10. The third-order valence-electron chi connectivity index (χ3n) is 2.37. The molecule has 0 bridgehead atoms. The number of halogens is 3. The molecule has 0 heterocycles.